The van der Waals surface area contributed by atoms with Gasteiger partial charge in [-0.3, -0.25) is 9.59 Å². The van der Waals surface area contributed by atoms with E-state index in [1.807, 2.05) is 26.8 Å². The summed E-state index contributed by atoms with van der Waals surface area (Å²) in [4.78, 5) is 29.9. The maximum absolute atomic E-state index is 13.0. The van der Waals surface area contributed by atoms with E-state index in [-0.39, 0.29) is 23.5 Å². The maximum Gasteiger partial charge on any atom is 0.223 e. The quantitative estimate of drug-likeness (QED) is 0.670. The monoisotopic (exact) mass is 402 g/mol. The average molecular weight is 403 g/mol. The molecule has 1 aliphatic heterocycles. The zero-order valence-electron chi connectivity index (χ0n) is 18.1. The van der Waals surface area contributed by atoms with Crippen molar-refractivity contribution in [1.82, 2.24) is 10.3 Å². The van der Waals surface area contributed by atoms with E-state index in [0.717, 1.165) is 44.5 Å². The molecule has 1 N–H and O–H groups in total. The van der Waals surface area contributed by atoms with E-state index in [1.54, 1.807) is 13.1 Å². The number of nitrogens with zero attached hydrogens (tertiary/aromatic N) is 1. The molecule has 1 atom stereocenters. The lowest BCUT2D eigenvalue weighted by Crippen LogP contribution is -2.37. The number of hydrogen-bond donors (Lipinski definition) is 1. The van der Waals surface area contributed by atoms with E-state index < -0.39 is 5.92 Å². The van der Waals surface area contributed by atoms with Crippen LogP contribution < -0.4 is 10.1 Å². The zero-order chi connectivity index (χ0) is 21.0. The van der Waals surface area contributed by atoms with Crippen molar-refractivity contribution in [2.45, 2.75) is 58.8 Å². The minimum atomic E-state index is -0.406. The van der Waals surface area contributed by atoms with Crippen LogP contribution in [0.5, 0.6) is 5.88 Å². The van der Waals surface area contributed by atoms with Gasteiger partial charge in [0.25, 0.3) is 0 Å². The average Bonchev–Trinajstić information content (AvgIpc) is 3.54. The van der Waals surface area contributed by atoms with Crippen LogP contribution in [0.2, 0.25) is 0 Å². The third-order valence-corrected chi connectivity index (χ3v) is 5.99. The predicted octanol–water partition coefficient (Wildman–Crippen LogP) is 3.75. The van der Waals surface area contributed by atoms with Crippen molar-refractivity contribution in [2.24, 2.45) is 17.3 Å². The number of carbonyl (C=O) groups is 2. The molecule has 2 aliphatic rings. The lowest BCUT2D eigenvalue weighted by molar-refractivity contribution is -0.127. The molecule has 2 fully saturated rings. The fraction of sp³-hybridized carbons (Fsp3) is 0.696. The summed E-state index contributed by atoms with van der Waals surface area (Å²) < 4.78 is 11.5. The molecule has 0 aromatic carbocycles. The number of amides is 1. The molecule has 1 amide bonds. The molecule has 6 nitrogen and oxygen atoms in total. The highest BCUT2D eigenvalue weighted by Crippen LogP contribution is 2.44. The molecular weight excluding hydrogens is 368 g/mol. The second-order valence-electron chi connectivity index (χ2n) is 9.39. The van der Waals surface area contributed by atoms with Gasteiger partial charge < -0.3 is 14.8 Å². The Morgan fingerprint density at radius 2 is 1.90 bits per heavy atom. The Labute approximate surface area is 173 Å². The first-order valence-electron chi connectivity index (χ1n) is 10.8. The highest BCUT2D eigenvalue weighted by molar-refractivity contribution is 5.97. The standard InChI is InChI=1S/C23H34N2O4/c1-23(2,3)18(21(27)24-4)13-20(26)19-8-7-17(16-5-6-16)22(25-19)29-14-15-9-11-28-12-10-15/h7-8,15-16,18H,5-6,9-14H2,1-4H3,(H,24,27)/t18-/m1/s1. The van der Waals surface area contributed by atoms with Crippen LogP contribution >= 0.6 is 0 Å². The molecule has 1 aromatic heterocycles. The molecule has 2 heterocycles. The molecule has 0 spiro atoms. The Bertz CT molecular complexity index is 731. The van der Waals surface area contributed by atoms with Crippen LogP contribution in [0, 0.1) is 17.3 Å². The molecule has 1 aromatic rings. The molecule has 1 saturated heterocycles. The lowest BCUT2D eigenvalue weighted by Gasteiger charge is -2.28. The van der Waals surface area contributed by atoms with E-state index in [4.69, 9.17) is 9.47 Å². The smallest absolute Gasteiger partial charge is 0.223 e. The van der Waals surface area contributed by atoms with Gasteiger partial charge in [0, 0.05) is 32.2 Å². The topological polar surface area (TPSA) is 77.5 Å². The van der Waals surface area contributed by atoms with Gasteiger partial charge >= 0.3 is 0 Å². The van der Waals surface area contributed by atoms with Crippen molar-refractivity contribution < 1.29 is 19.1 Å². The van der Waals surface area contributed by atoms with Gasteiger partial charge in [-0.25, -0.2) is 4.98 Å². The summed E-state index contributed by atoms with van der Waals surface area (Å²) in [6.07, 6.45) is 4.42. The van der Waals surface area contributed by atoms with Gasteiger partial charge in [-0.1, -0.05) is 26.8 Å². The summed E-state index contributed by atoms with van der Waals surface area (Å²) in [6, 6.07) is 3.78. The number of ether oxygens (including phenoxy) is 2. The Morgan fingerprint density at radius 3 is 2.48 bits per heavy atom. The number of pyridine rings is 1. The summed E-state index contributed by atoms with van der Waals surface area (Å²) in [7, 11) is 1.61. The molecule has 0 radical (unpaired) electrons. The fourth-order valence-corrected chi connectivity index (χ4v) is 3.79. The van der Waals surface area contributed by atoms with E-state index in [1.165, 1.54) is 0 Å². The van der Waals surface area contributed by atoms with Gasteiger partial charge in [-0.15, -0.1) is 0 Å². The lowest BCUT2D eigenvalue weighted by atomic mass is 9.77. The van der Waals surface area contributed by atoms with Crippen LogP contribution in [0.1, 0.15) is 74.8 Å². The second kappa shape index (κ2) is 9.24. The van der Waals surface area contributed by atoms with Crippen molar-refractivity contribution in [3.05, 3.63) is 23.4 Å². The van der Waals surface area contributed by atoms with Crippen LogP contribution in [0.15, 0.2) is 12.1 Å². The van der Waals surface area contributed by atoms with Gasteiger partial charge in [0.1, 0.15) is 5.69 Å². The Hall–Kier alpha value is -1.95. The number of aromatic nitrogens is 1. The number of rotatable bonds is 8. The summed E-state index contributed by atoms with van der Waals surface area (Å²) >= 11 is 0. The number of hydrogen-bond acceptors (Lipinski definition) is 5. The number of carbonyl (C=O) groups excluding carboxylic acids is 2. The maximum atomic E-state index is 13.0. The van der Waals surface area contributed by atoms with Crippen LogP contribution in [0.25, 0.3) is 0 Å². The highest BCUT2D eigenvalue weighted by atomic mass is 16.5. The van der Waals surface area contributed by atoms with Crippen LogP contribution in [-0.4, -0.2) is 43.5 Å². The Balaban J connectivity index is 1.74. The minimum Gasteiger partial charge on any atom is -0.477 e. The van der Waals surface area contributed by atoms with E-state index in [2.05, 4.69) is 10.3 Å². The number of nitrogens with one attached hydrogen (secondary N) is 1. The van der Waals surface area contributed by atoms with Gasteiger partial charge in [0.05, 0.1) is 12.5 Å². The SMILES string of the molecule is CNC(=O)[C@@H](CC(=O)c1ccc(C2CC2)c(OCC2CCOCC2)n1)C(C)(C)C. The first-order valence-corrected chi connectivity index (χ1v) is 10.8. The van der Waals surface area contributed by atoms with Crippen molar-refractivity contribution in [1.29, 1.82) is 0 Å². The Kier molecular flexibility index (Phi) is 6.93. The molecular formula is C23H34N2O4. The first-order chi connectivity index (χ1) is 13.8. The molecule has 1 saturated carbocycles. The van der Waals surface area contributed by atoms with Gasteiger partial charge in [0.2, 0.25) is 11.8 Å². The van der Waals surface area contributed by atoms with Crippen LogP contribution in [-0.2, 0) is 9.53 Å². The molecule has 6 heteroatoms. The molecule has 160 valence electrons. The third-order valence-electron chi connectivity index (χ3n) is 5.99. The zero-order valence-corrected chi connectivity index (χ0v) is 18.1. The highest BCUT2D eigenvalue weighted by Gasteiger charge is 2.34. The summed E-state index contributed by atoms with van der Waals surface area (Å²) in [5.74, 6) is 0.914. The molecule has 29 heavy (non-hydrogen) atoms. The number of ketones is 1. The van der Waals surface area contributed by atoms with Crippen molar-refractivity contribution in [2.75, 3.05) is 26.9 Å². The van der Waals surface area contributed by atoms with Gasteiger partial charge in [-0.2, -0.15) is 0 Å². The predicted molar refractivity (Wildman–Crippen MR) is 111 cm³/mol. The Morgan fingerprint density at radius 1 is 1.21 bits per heavy atom. The normalized spacial score (nSPS) is 18.9. The first kappa shape index (κ1) is 21.8. The molecule has 1 aliphatic carbocycles. The fourth-order valence-electron chi connectivity index (χ4n) is 3.79. The summed E-state index contributed by atoms with van der Waals surface area (Å²) in [5.41, 5.74) is 1.17. The molecule has 0 bridgehead atoms. The van der Waals surface area contributed by atoms with Crippen molar-refractivity contribution >= 4 is 11.7 Å². The van der Waals surface area contributed by atoms with Crippen LogP contribution in [0.3, 0.4) is 0 Å². The minimum absolute atomic E-state index is 0.114. The van der Waals surface area contributed by atoms with Gasteiger partial charge in [-0.05, 0) is 49.0 Å². The summed E-state index contributed by atoms with van der Waals surface area (Å²) in [5, 5.41) is 2.68. The number of Topliss-reactive ketones (excluding diaryl/α,β-unsaturated/α-hetero) is 1. The van der Waals surface area contributed by atoms with Crippen LogP contribution in [0.4, 0.5) is 0 Å². The van der Waals surface area contributed by atoms with Crippen molar-refractivity contribution in [3.63, 3.8) is 0 Å². The largest absolute Gasteiger partial charge is 0.477 e. The van der Waals surface area contributed by atoms with Gasteiger partial charge in [0.15, 0.2) is 5.78 Å². The summed E-state index contributed by atoms with van der Waals surface area (Å²) in [6.45, 7) is 8.10. The van der Waals surface area contributed by atoms with E-state index >= 15 is 0 Å². The van der Waals surface area contributed by atoms with E-state index in [0.29, 0.717) is 30.0 Å². The second-order valence-corrected chi connectivity index (χ2v) is 9.39. The third kappa shape index (κ3) is 5.78. The van der Waals surface area contributed by atoms with E-state index in [9.17, 15) is 9.59 Å². The molecule has 0 unspecified atom stereocenters. The molecule has 3 rings (SSSR count). The van der Waals surface area contributed by atoms with Crippen molar-refractivity contribution in [3.8, 4) is 5.88 Å².